The molecule has 0 radical (unpaired) electrons. The van der Waals surface area contributed by atoms with Gasteiger partial charge in [0.05, 0.1) is 18.7 Å². The third-order valence-corrected chi connectivity index (χ3v) is 5.07. The summed E-state index contributed by atoms with van der Waals surface area (Å²) in [5.41, 5.74) is 0.0674. The van der Waals surface area contributed by atoms with Gasteiger partial charge in [0.2, 0.25) is 5.91 Å². The van der Waals surface area contributed by atoms with Crippen LogP contribution in [0.2, 0.25) is 0 Å². The van der Waals surface area contributed by atoms with E-state index in [1.807, 2.05) is 0 Å². The normalized spacial score (nSPS) is 26.6. The Morgan fingerprint density at radius 1 is 1.18 bits per heavy atom. The Bertz CT molecular complexity index is 440. The topological polar surface area (TPSA) is 79.9 Å². The standard InChI is InChI=1S/C16H24N4O.ClH/c1-2-16(8-4-3-5-9-16)19-12-15(21)20-13(10-17)6-7-14(20)11-18;/h13-14,19H,2-9,12H2,1H3;1H/t13-,14+;. The minimum absolute atomic E-state index is 0. The van der Waals surface area contributed by atoms with E-state index in [1.54, 1.807) is 0 Å². The third kappa shape index (κ3) is 3.91. The second kappa shape index (κ2) is 8.36. The summed E-state index contributed by atoms with van der Waals surface area (Å²) in [6.07, 6.45) is 8.15. The van der Waals surface area contributed by atoms with Crippen molar-refractivity contribution in [2.45, 2.75) is 75.9 Å². The number of carbonyl (C=O) groups excluding carboxylic acids is 1. The maximum Gasteiger partial charge on any atom is 0.238 e. The molecular weight excluding hydrogens is 300 g/mol. The van der Waals surface area contributed by atoms with Crippen LogP contribution in [0.3, 0.4) is 0 Å². The largest absolute Gasteiger partial charge is 0.310 e. The molecular formula is C16H25ClN4O. The van der Waals surface area contributed by atoms with Crippen molar-refractivity contribution in [1.82, 2.24) is 10.2 Å². The number of nitrogens with zero attached hydrogens (tertiary/aromatic N) is 3. The van der Waals surface area contributed by atoms with Crippen LogP contribution in [0.4, 0.5) is 0 Å². The zero-order chi connectivity index (χ0) is 15.3. The lowest BCUT2D eigenvalue weighted by Crippen LogP contribution is -2.52. The van der Waals surface area contributed by atoms with Gasteiger partial charge in [0.25, 0.3) is 0 Å². The summed E-state index contributed by atoms with van der Waals surface area (Å²) >= 11 is 0. The smallest absolute Gasteiger partial charge is 0.238 e. The van der Waals surface area contributed by atoms with Crippen LogP contribution in [0.25, 0.3) is 0 Å². The van der Waals surface area contributed by atoms with Crippen molar-refractivity contribution in [3.8, 4) is 12.1 Å². The summed E-state index contributed by atoms with van der Waals surface area (Å²) in [5.74, 6) is -0.107. The second-order valence-corrected chi connectivity index (χ2v) is 6.22. The molecule has 1 N–H and O–H groups in total. The molecule has 1 heterocycles. The van der Waals surface area contributed by atoms with Gasteiger partial charge in [0.15, 0.2) is 0 Å². The minimum Gasteiger partial charge on any atom is -0.310 e. The van der Waals surface area contributed by atoms with Crippen molar-refractivity contribution in [3.05, 3.63) is 0 Å². The van der Waals surface area contributed by atoms with E-state index in [1.165, 1.54) is 24.2 Å². The van der Waals surface area contributed by atoms with E-state index in [2.05, 4.69) is 24.4 Å². The molecule has 122 valence electrons. The van der Waals surface area contributed by atoms with Crippen LogP contribution in [0.1, 0.15) is 58.3 Å². The van der Waals surface area contributed by atoms with Gasteiger partial charge < -0.3 is 10.2 Å². The molecule has 6 heteroatoms. The summed E-state index contributed by atoms with van der Waals surface area (Å²) in [7, 11) is 0. The second-order valence-electron chi connectivity index (χ2n) is 6.22. The molecule has 0 aromatic heterocycles. The molecule has 1 aliphatic carbocycles. The third-order valence-electron chi connectivity index (χ3n) is 5.07. The lowest BCUT2D eigenvalue weighted by molar-refractivity contribution is -0.131. The number of halogens is 1. The van der Waals surface area contributed by atoms with Crippen LogP contribution in [0.15, 0.2) is 0 Å². The van der Waals surface area contributed by atoms with E-state index >= 15 is 0 Å². The van der Waals surface area contributed by atoms with Crippen molar-refractivity contribution >= 4 is 18.3 Å². The molecule has 1 saturated heterocycles. The lowest BCUT2D eigenvalue weighted by atomic mass is 9.80. The van der Waals surface area contributed by atoms with Gasteiger partial charge >= 0.3 is 0 Å². The van der Waals surface area contributed by atoms with Crippen molar-refractivity contribution in [3.63, 3.8) is 0 Å². The van der Waals surface area contributed by atoms with E-state index in [0.717, 1.165) is 19.3 Å². The monoisotopic (exact) mass is 324 g/mol. The Balaban J connectivity index is 0.00000242. The number of hydrogen-bond acceptors (Lipinski definition) is 4. The lowest BCUT2D eigenvalue weighted by Gasteiger charge is -2.38. The molecule has 2 rings (SSSR count). The minimum atomic E-state index is -0.437. The number of amides is 1. The molecule has 2 atom stereocenters. The highest BCUT2D eigenvalue weighted by molar-refractivity contribution is 5.85. The van der Waals surface area contributed by atoms with Gasteiger partial charge in [-0.2, -0.15) is 10.5 Å². The SMILES string of the molecule is CCC1(NCC(=O)N2[C@H](C#N)CC[C@@H]2C#N)CCCCC1.Cl. The molecule has 0 unspecified atom stereocenters. The van der Waals surface area contributed by atoms with Crippen molar-refractivity contribution in [2.75, 3.05) is 6.54 Å². The molecule has 0 aromatic rings. The Morgan fingerprint density at radius 3 is 2.18 bits per heavy atom. The van der Waals surface area contributed by atoms with Crippen molar-refractivity contribution in [2.24, 2.45) is 0 Å². The molecule has 0 aromatic carbocycles. The zero-order valence-corrected chi connectivity index (χ0v) is 14.0. The Kier molecular flexibility index (Phi) is 7.13. The predicted molar refractivity (Wildman–Crippen MR) is 86.2 cm³/mol. The average Bonchev–Trinajstić information content (AvgIpc) is 2.96. The van der Waals surface area contributed by atoms with E-state index < -0.39 is 12.1 Å². The Morgan fingerprint density at radius 2 is 1.73 bits per heavy atom. The average molecular weight is 325 g/mol. The number of carbonyl (C=O) groups is 1. The highest BCUT2D eigenvalue weighted by atomic mass is 35.5. The first kappa shape index (κ1) is 18.7. The fourth-order valence-electron chi connectivity index (χ4n) is 3.65. The predicted octanol–water partition coefficient (Wildman–Crippen LogP) is 2.52. The van der Waals surface area contributed by atoms with Gasteiger partial charge in [-0.25, -0.2) is 0 Å². The summed E-state index contributed by atoms with van der Waals surface area (Å²) in [6.45, 7) is 2.40. The highest BCUT2D eigenvalue weighted by Gasteiger charge is 2.38. The van der Waals surface area contributed by atoms with Gasteiger partial charge in [0, 0.05) is 5.54 Å². The summed E-state index contributed by atoms with van der Waals surface area (Å²) < 4.78 is 0. The molecule has 1 aliphatic heterocycles. The summed E-state index contributed by atoms with van der Waals surface area (Å²) in [5, 5.41) is 21.7. The van der Waals surface area contributed by atoms with E-state index in [-0.39, 0.29) is 30.4 Å². The maximum atomic E-state index is 12.4. The van der Waals surface area contributed by atoms with Crippen LogP contribution in [-0.4, -0.2) is 35.0 Å². The van der Waals surface area contributed by atoms with Crippen molar-refractivity contribution < 1.29 is 4.79 Å². The molecule has 0 bridgehead atoms. The van der Waals surface area contributed by atoms with Gasteiger partial charge in [-0.1, -0.05) is 26.2 Å². The number of rotatable bonds is 4. The number of nitriles is 2. The number of nitrogens with one attached hydrogen (secondary N) is 1. The number of likely N-dealkylation sites (tertiary alicyclic amines) is 1. The first-order chi connectivity index (χ1) is 10.2. The molecule has 22 heavy (non-hydrogen) atoms. The van der Waals surface area contributed by atoms with Gasteiger partial charge in [0.1, 0.15) is 12.1 Å². The van der Waals surface area contributed by atoms with Crippen molar-refractivity contribution in [1.29, 1.82) is 10.5 Å². The molecule has 1 saturated carbocycles. The van der Waals surface area contributed by atoms with Crippen LogP contribution in [-0.2, 0) is 4.79 Å². The van der Waals surface area contributed by atoms with Crippen LogP contribution < -0.4 is 5.32 Å². The van der Waals surface area contributed by atoms with Gasteiger partial charge in [-0.15, -0.1) is 12.4 Å². The fraction of sp³-hybridized carbons (Fsp3) is 0.812. The molecule has 1 amide bonds. The Hall–Kier alpha value is -1.30. The first-order valence-electron chi connectivity index (χ1n) is 8.01. The molecule has 0 spiro atoms. The molecule has 2 aliphatic rings. The van der Waals surface area contributed by atoms with Crippen LogP contribution in [0.5, 0.6) is 0 Å². The van der Waals surface area contributed by atoms with Gasteiger partial charge in [-0.3, -0.25) is 4.79 Å². The zero-order valence-electron chi connectivity index (χ0n) is 13.2. The summed E-state index contributed by atoms with van der Waals surface area (Å²) in [4.78, 5) is 13.9. The van der Waals surface area contributed by atoms with Crippen LogP contribution in [0, 0.1) is 22.7 Å². The van der Waals surface area contributed by atoms with E-state index in [4.69, 9.17) is 10.5 Å². The maximum absolute atomic E-state index is 12.4. The van der Waals surface area contributed by atoms with E-state index in [0.29, 0.717) is 12.8 Å². The van der Waals surface area contributed by atoms with Gasteiger partial charge in [-0.05, 0) is 32.1 Å². The first-order valence-corrected chi connectivity index (χ1v) is 8.01. The van der Waals surface area contributed by atoms with E-state index in [9.17, 15) is 4.79 Å². The fourth-order valence-corrected chi connectivity index (χ4v) is 3.65. The number of hydrogen-bond donors (Lipinski definition) is 1. The summed E-state index contributed by atoms with van der Waals surface area (Å²) in [6, 6.07) is 3.42. The Labute approximate surface area is 139 Å². The molecule has 2 fully saturated rings. The highest BCUT2D eigenvalue weighted by Crippen LogP contribution is 2.31. The quantitative estimate of drug-likeness (QED) is 0.861. The van der Waals surface area contributed by atoms with Crippen LogP contribution >= 0.6 is 12.4 Å². The molecule has 5 nitrogen and oxygen atoms in total.